The second-order valence-electron chi connectivity index (χ2n) is 6.59. The molecule has 2 bridgehead atoms. The molecule has 6 nitrogen and oxygen atoms in total. The average molecular weight is 331 g/mol. The molecular formula is C18H29N5O. The monoisotopic (exact) mass is 331 g/mol. The summed E-state index contributed by atoms with van der Waals surface area (Å²) in [6.45, 7) is 7.71. The van der Waals surface area contributed by atoms with Crippen molar-refractivity contribution in [3.63, 3.8) is 0 Å². The van der Waals surface area contributed by atoms with Gasteiger partial charge in [-0.05, 0) is 6.07 Å². The normalized spacial score (nSPS) is 26.3. The summed E-state index contributed by atoms with van der Waals surface area (Å²) in [5, 5.41) is 3.55. The maximum absolute atomic E-state index is 5.45. The summed E-state index contributed by atoms with van der Waals surface area (Å²) >= 11 is 0. The molecule has 3 aliphatic rings. The third-order valence-corrected chi connectivity index (χ3v) is 5.06. The van der Waals surface area contributed by atoms with Crippen molar-refractivity contribution in [2.24, 2.45) is 4.99 Å². The smallest absolute Gasteiger partial charge is 0.193 e. The highest BCUT2D eigenvalue weighted by Gasteiger charge is 2.31. The van der Waals surface area contributed by atoms with Crippen LogP contribution in [-0.4, -0.2) is 87.2 Å². The Kier molecular flexibility index (Phi) is 5.58. The number of aliphatic imine (C=N–C) groups is 1. The highest BCUT2D eigenvalue weighted by atomic mass is 16.5. The van der Waals surface area contributed by atoms with E-state index >= 15 is 0 Å². The number of hydrogen-bond acceptors (Lipinski definition) is 4. The number of piperazine rings is 3. The van der Waals surface area contributed by atoms with Gasteiger partial charge in [0, 0.05) is 71.5 Å². The average Bonchev–Trinajstić information content (AvgIpc) is 2.63. The van der Waals surface area contributed by atoms with E-state index in [1.165, 1.54) is 32.7 Å². The van der Waals surface area contributed by atoms with Crippen molar-refractivity contribution < 1.29 is 4.74 Å². The Morgan fingerprint density at radius 1 is 1.29 bits per heavy atom. The zero-order valence-corrected chi connectivity index (χ0v) is 15.0. The summed E-state index contributed by atoms with van der Waals surface area (Å²) in [6.07, 6.45) is 0. The van der Waals surface area contributed by atoms with Gasteiger partial charge in [-0.2, -0.15) is 0 Å². The number of hydrogen-bond donors (Lipinski definition) is 1. The molecule has 3 heterocycles. The second-order valence-corrected chi connectivity index (χ2v) is 6.59. The first-order valence-electron chi connectivity index (χ1n) is 8.71. The van der Waals surface area contributed by atoms with Gasteiger partial charge in [-0.15, -0.1) is 0 Å². The first kappa shape index (κ1) is 17.0. The van der Waals surface area contributed by atoms with Crippen LogP contribution >= 0.6 is 0 Å². The lowest BCUT2D eigenvalue weighted by Crippen LogP contribution is -2.63. The summed E-state index contributed by atoms with van der Waals surface area (Å²) in [6, 6.07) is 8.73. The van der Waals surface area contributed by atoms with Crippen molar-refractivity contribution in [1.29, 1.82) is 0 Å². The van der Waals surface area contributed by atoms with Crippen LogP contribution in [0.15, 0.2) is 29.3 Å². The van der Waals surface area contributed by atoms with Crippen LogP contribution in [0.1, 0.15) is 5.56 Å². The van der Waals surface area contributed by atoms with Crippen molar-refractivity contribution in [2.75, 3.05) is 60.5 Å². The number of rotatable bonds is 5. The van der Waals surface area contributed by atoms with E-state index in [2.05, 4.69) is 38.1 Å². The third-order valence-electron chi connectivity index (χ3n) is 5.06. The van der Waals surface area contributed by atoms with Crippen LogP contribution in [0.3, 0.4) is 0 Å². The lowest BCUT2D eigenvalue weighted by molar-refractivity contribution is 0.0152. The molecule has 132 valence electrons. The van der Waals surface area contributed by atoms with Crippen LogP contribution in [0.2, 0.25) is 0 Å². The minimum atomic E-state index is 0.587. The molecule has 0 aliphatic carbocycles. The largest absolute Gasteiger partial charge is 0.496 e. The first-order chi connectivity index (χ1) is 11.7. The minimum absolute atomic E-state index is 0.587. The van der Waals surface area contributed by atoms with E-state index in [0.29, 0.717) is 6.04 Å². The van der Waals surface area contributed by atoms with Gasteiger partial charge in [-0.25, -0.2) is 0 Å². The standard InChI is InChI=1S/C18H29N5O/c1-19-18(20-12-16-14-22-8-10-23(16)11-9-22)21(2)13-15-6-4-5-7-17(15)24-3/h4-7,16H,8-14H2,1-3H3,(H,19,20). The molecule has 1 aromatic rings. The highest BCUT2D eigenvalue weighted by molar-refractivity contribution is 5.79. The van der Waals surface area contributed by atoms with Crippen LogP contribution in [0.4, 0.5) is 0 Å². The zero-order chi connectivity index (χ0) is 16.9. The van der Waals surface area contributed by atoms with Gasteiger partial charge in [0.05, 0.1) is 7.11 Å². The summed E-state index contributed by atoms with van der Waals surface area (Å²) in [7, 11) is 5.63. The van der Waals surface area contributed by atoms with Crippen LogP contribution in [0.5, 0.6) is 5.75 Å². The van der Waals surface area contributed by atoms with Crippen molar-refractivity contribution in [2.45, 2.75) is 12.6 Å². The Morgan fingerprint density at radius 3 is 2.67 bits per heavy atom. The molecule has 1 N–H and O–H groups in total. The van der Waals surface area contributed by atoms with E-state index in [4.69, 9.17) is 4.74 Å². The van der Waals surface area contributed by atoms with Gasteiger partial charge in [0.15, 0.2) is 5.96 Å². The molecule has 0 amide bonds. The molecular weight excluding hydrogens is 302 g/mol. The van der Waals surface area contributed by atoms with E-state index in [9.17, 15) is 0 Å². The predicted molar refractivity (Wildman–Crippen MR) is 97.6 cm³/mol. The molecule has 24 heavy (non-hydrogen) atoms. The molecule has 4 rings (SSSR count). The number of ether oxygens (including phenoxy) is 1. The van der Waals surface area contributed by atoms with Gasteiger partial charge >= 0.3 is 0 Å². The molecule has 0 aromatic heterocycles. The molecule has 1 atom stereocenters. The molecule has 1 aromatic carbocycles. The topological polar surface area (TPSA) is 43.3 Å². The number of methoxy groups -OCH3 is 1. The SMILES string of the molecule is CN=C(NCC1CN2CCN1CC2)N(C)Cc1ccccc1OC. The van der Waals surface area contributed by atoms with E-state index in [1.807, 2.05) is 25.2 Å². The Hall–Kier alpha value is -1.79. The lowest BCUT2D eigenvalue weighted by atomic mass is 10.1. The molecule has 0 radical (unpaired) electrons. The fourth-order valence-electron chi connectivity index (χ4n) is 3.68. The summed E-state index contributed by atoms with van der Waals surface area (Å²) in [4.78, 5) is 11.8. The molecule has 0 saturated carbocycles. The van der Waals surface area contributed by atoms with Crippen molar-refractivity contribution in [1.82, 2.24) is 20.0 Å². The van der Waals surface area contributed by atoms with E-state index in [1.54, 1.807) is 7.11 Å². The third kappa shape index (κ3) is 3.82. The molecule has 3 aliphatic heterocycles. The molecule has 0 spiro atoms. The van der Waals surface area contributed by atoms with Crippen LogP contribution in [0.25, 0.3) is 0 Å². The molecule has 3 saturated heterocycles. The first-order valence-corrected chi connectivity index (χ1v) is 8.71. The molecule has 3 fully saturated rings. The van der Waals surface area contributed by atoms with Gasteiger partial charge in [0.1, 0.15) is 5.75 Å². The van der Waals surface area contributed by atoms with Crippen LogP contribution < -0.4 is 10.1 Å². The minimum Gasteiger partial charge on any atom is -0.496 e. The number of para-hydroxylation sites is 1. The summed E-state index contributed by atoms with van der Waals surface area (Å²) < 4.78 is 5.45. The molecule has 6 heteroatoms. The van der Waals surface area contributed by atoms with Crippen LogP contribution in [-0.2, 0) is 6.54 Å². The van der Waals surface area contributed by atoms with Crippen molar-refractivity contribution in [3.05, 3.63) is 29.8 Å². The maximum Gasteiger partial charge on any atom is 0.193 e. The van der Waals surface area contributed by atoms with Crippen molar-refractivity contribution >= 4 is 5.96 Å². The second kappa shape index (κ2) is 7.85. The van der Waals surface area contributed by atoms with Crippen molar-refractivity contribution in [3.8, 4) is 5.75 Å². The maximum atomic E-state index is 5.45. The number of fused-ring (bicyclic) bond motifs is 3. The highest BCUT2D eigenvalue weighted by Crippen LogP contribution is 2.19. The zero-order valence-electron chi connectivity index (χ0n) is 15.0. The van der Waals surface area contributed by atoms with E-state index in [0.717, 1.165) is 30.4 Å². The Bertz CT molecular complexity index is 568. The predicted octanol–water partition coefficient (Wildman–Crippen LogP) is 0.702. The Labute approximate surface area is 145 Å². The van der Waals surface area contributed by atoms with E-state index < -0.39 is 0 Å². The Morgan fingerprint density at radius 2 is 2.04 bits per heavy atom. The quantitative estimate of drug-likeness (QED) is 0.636. The van der Waals surface area contributed by atoms with Gasteiger partial charge < -0.3 is 15.0 Å². The Balaban J connectivity index is 1.56. The van der Waals surface area contributed by atoms with E-state index in [-0.39, 0.29) is 0 Å². The molecule has 1 unspecified atom stereocenters. The number of nitrogens with zero attached hydrogens (tertiary/aromatic N) is 4. The van der Waals surface area contributed by atoms with Gasteiger partial charge in [-0.3, -0.25) is 14.8 Å². The number of benzene rings is 1. The van der Waals surface area contributed by atoms with Gasteiger partial charge in [0.2, 0.25) is 0 Å². The fourth-order valence-corrected chi connectivity index (χ4v) is 3.68. The lowest BCUT2D eigenvalue weighted by Gasteiger charge is -2.47. The van der Waals surface area contributed by atoms with Crippen LogP contribution in [0, 0.1) is 0 Å². The van der Waals surface area contributed by atoms with Gasteiger partial charge in [0.25, 0.3) is 0 Å². The van der Waals surface area contributed by atoms with Gasteiger partial charge in [-0.1, -0.05) is 18.2 Å². The summed E-state index contributed by atoms with van der Waals surface area (Å²) in [5.74, 6) is 1.85. The number of guanidine groups is 1. The summed E-state index contributed by atoms with van der Waals surface area (Å²) in [5.41, 5.74) is 1.16. The fraction of sp³-hybridized carbons (Fsp3) is 0.611. The number of nitrogens with one attached hydrogen (secondary N) is 1.